The molecule has 0 unspecified atom stereocenters. The molecule has 14 heteroatoms. The lowest BCUT2D eigenvalue weighted by Crippen LogP contribution is -2.58. The van der Waals surface area contributed by atoms with Gasteiger partial charge in [-0.15, -0.1) is 5.10 Å². The van der Waals surface area contributed by atoms with Crippen molar-refractivity contribution < 1.29 is 19.5 Å². The van der Waals surface area contributed by atoms with Gasteiger partial charge < -0.3 is 15.7 Å². The minimum atomic E-state index is -1.40. The first kappa shape index (κ1) is 28.5. The number of anilines is 1. The first-order valence-corrected chi connectivity index (χ1v) is 13.4. The molecule has 1 aliphatic rings. The predicted molar refractivity (Wildman–Crippen MR) is 147 cm³/mol. The number of carboxylic acid groups (broad SMARTS) is 1. The van der Waals surface area contributed by atoms with E-state index in [0.29, 0.717) is 27.0 Å². The number of tetrazole rings is 1. The predicted octanol–water partition coefficient (Wildman–Crippen LogP) is 4.14. The first-order valence-electron chi connectivity index (χ1n) is 11.8. The molecule has 204 valence electrons. The van der Waals surface area contributed by atoms with Crippen molar-refractivity contribution >= 4 is 58.3 Å². The van der Waals surface area contributed by atoms with E-state index >= 15 is 0 Å². The maximum Gasteiger partial charge on any atom is 0.329 e. The lowest BCUT2D eigenvalue weighted by Gasteiger charge is -2.43. The summed E-state index contributed by atoms with van der Waals surface area (Å²) in [5.74, 6) is -1.68. The Kier molecular flexibility index (Phi) is 8.01. The lowest BCUT2D eigenvalue weighted by atomic mass is 9.73. The van der Waals surface area contributed by atoms with E-state index < -0.39 is 22.8 Å². The van der Waals surface area contributed by atoms with Crippen molar-refractivity contribution in [3.63, 3.8) is 0 Å². The molecule has 0 saturated heterocycles. The van der Waals surface area contributed by atoms with Crippen LogP contribution < -0.4 is 10.6 Å². The van der Waals surface area contributed by atoms with E-state index in [0.717, 1.165) is 11.8 Å². The number of benzene rings is 1. The van der Waals surface area contributed by atoms with Gasteiger partial charge in [-0.1, -0.05) is 42.3 Å². The monoisotopic (exact) mass is 589 g/mol. The van der Waals surface area contributed by atoms with Gasteiger partial charge in [0.15, 0.2) is 5.78 Å². The highest BCUT2D eigenvalue weighted by atomic mass is 35.5. The molecule has 11 nitrogen and oxygen atoms in total. The number of carbonyl (C=O) groups excluding carboxylic acids is 2. The van der Waals surface area contributed by atoms with Crippen molar-refractivity contribution in [3.8, 4) is 0 Å². The second kappa shape index (κ2) is 10.9. The van der Waals surface area contributed by atoms with E-state index in [9.17, 15) is 19.5 Å². The summed E-state index contributed by atoms with van der Waals surface area (Å²) in [6, 6.07) is 6.79. The van der Waals surface area contributed by atoms with Gasteiger partial charge in [-0.3, -0.25) is 14.6 Å². The molecule has 4 rings (SSSR count). The smallest absolute Gasteiger partial charge is 0.329 e. The summed E-state index contributed by atoms with van der Waals surface area (Å²) >= 11 is 13.2. The third-order valence-electron chi connectivity index (χ3n) is 6.58. The van der Waals surface area contributed by atoms with E-state index in [1.54, 1.807) is 52.1 Å². The fourth-order valence-corrected chi connectivity index (χ4v) is 5.82. The molecule has 0 fully saturated rings. The molecule has 2 aromatic heterocycles. The zero-order valence-electron chi connectivity index (χ0n) is 21.5. The molecule has 0 aliphatic heterocycles. The Bertz CT molecular complexity index is 1470. The highest BCUT2D eigenvalue weighted by Gasteiger charge is 2.51. The van der Waals surface area contributed by atoms with Crippen LogP contribution in [-0.4, -0.2) is 53.5 Å². The summed E-state index contributed by atoms with van der Waals surface area (Å²) in [7, 11) is 1.66. The minimum absolute atomic E-state index is 0.106. The second-order valence-corrected chi connectivity index (χ2v) is 11.3. The SMILES string of the molecule is CC[C@@](Cc1ccc(NC(=O)c2c(Cl)cncc2Cl)cc1)(NC1=C(Sc2nnnn2C)C(=O)C1(C)C)C(=O)O. The molecule has 1 aromatic carbocycles. The Morgan fingerprint density at radius 1 is 1.15 bits per heavy atom. The number of amides is 1. The average molecular weight is 590 g/mol. The number of nitrogens with one attached hydrogen (secondary N) is 2. The van der Waals surface area contributed by atoms with Crippen molar-refractivity contribution in [3.05, 3.63) is 68.4 Å². The number of aliphatic carboxylic acids is 1. The molecule has 3 N–H and O–H groups in total. The second-order valence-electron chi connectivity index (χ2n) is 9.52. The van der Waals surface area contributed by atoms with Crippen LogP contribution in [0.1, 0.15) is 43.1 Å². The van der Waals surface area contributed by atoms with Gasteiger partial charge in [0.1, 0.15) is 5.54 Å². The Hall–Kier alpha value is -3.48. The number of halogens is 2. The van der Waals surface area contributed by atoms with E-state index in [1.165, 1.54) is 17.1 Å². The fraction of sp³-hybridized carbons (Fsp3) is 0.320. The summed E-state index contributed by atoms with van der Waals surface area (Å²) in [5, 5.41) is 28.2. The molecule has 0 bridgehead atoms. The highest BCUT2D eigenvalue weighted by Crippen LogP contribution is 2.48. The number of allylic oxidation sites excluding steroid dienone is 2. The highest BCUT2D eigenvalue weighted by molar-refractivity contribution is 8.04. The van der Waals surface area contributed by atoms with E-state index in [4.69, 9.17) is 23.2 Å². The van der Waals surface area contributed by atoms with Crippen molar-refractivity contribution in [2.24, 2.45) is 12.5 Å². The third-order valence-corrected chi connectivity index (χ3v) is 8.27. The summed E-state index contributed by atoms with van der Waals surface area (Å²) in [5.41, 5.74) is -0.481. The van der Waals surface area contributed by atoms with Crippen LogP contribution in [0.4, 0.5) is 5.69 Å². The Morgan fingerprint density at radius 2 is 1.79 bits per heavy atom. The van der Waals surface area contributed by atoms with Gasteiger partial charge in [-0.25, -0.2) is 9.48 Å². The molecule has 0 spiro atoms. The normalized spacial score (nSPS) is 15.9. The van der Waals surface area contributed by atoms with E-state index in [1.807, 2.05) is 0 Å². The maximum atomic E-state index is 12.9. The molecule has 1 aliphatic carbocycles. The van der Waals surface area contributed by atoms with Crippen LogP contribution in [0.3, 0.4) is 0 Å². The van der Waals surface area contributed by atoms with Gasteiger partial charge in [0.2, 0.25) is 5.16 Å². The number of hydrogen-bond donors (Lipinski definition) is 3. The van der Waals surface area contributed by atoms with Gasteiger partial charge >= 0.3 is 5.97 Å². The number of thioether (sulfide) groups is 1. The molecule has 1 atom stereocenters. The number of hydrogen-bond acceptors (Lipinski definition) is 9. The number of carbonyl (C=O) groups is 3. The molecular formula is C25H25Cl2N7O4S. The van der Waals surface area contributed by atoms with Crippen molar-refractivity contribution in [2.75, 3.05) is 5.32 Å². The zero-order valence-corrected chi connectivity index (χ0v) is 23.8. The van der Waals surface area contributed by atoms with Crippen LogP contribution in [-0.2, 0) is 23.1 Å². The molecular weight excluding hydrogens is 565 g/mol. The summed E-state index contributed by atoms with van der Waals surface area (Å²) in [4.78, 5) is 42.4. The Balaban J connectivity index is 1.57. The topological polar surface area (TPSA) is 152 Å². The van der Waals surface area contributed by atoms with Gasteiger partial charge in [0, 0.05) is 37.2 Å². The molecule has 0 radical (unpaired) electrons. The molecule has 1 amide bonds. The van der Waals surface area contributed by atoms with Crippen LogP contribution in [0.15, 0.2) is 52.4 Å². The fourth-order valence-electron chi connectivity index (χ4n) is 4.09. The van der Waals surface area contributed by atoms with Crippen LogP contribution in [0, 0.1) is 5.41 Å². The van der Waals surface area contributed by atoms with Crippen LogP contribution >= 0.6 is 35.0 Å². The number of rotatable bonds is 10. The number of aryl methyl sites for hydroxylation is 1. The lowest BCUT2D eigenvalue weighted by molar-refractivity contribution is -0.145. The third kappa shape index (κ3) is 5.49. The minimum Gasteiger partial charge on any atom is -0.479 e. The van der Waals surface area contributed by atoms with Gasteiger partial charge in [-0.05, 0) is 60.2 Å². The van der Waals surface area contributed by atoms with Crippen molar-refractivity contribution in [2.45, 2.75) is 44.3 Å². The Labute approximate surface area is 238 Å². The van der Waals surface area contributed by atoms with Gasteiger partial charge in [0.05, 0.1) is 25.9 Å². The number of Topliss-reactive ketones (excluding diaryl/α,β-unsaturated/α-hetero) is 1. The van der Waals surface area contributed by atoms with E-state index in [2.05, 4.69) is 31.1 Å². The summed E-state index contributed by atoms with van der Waals surface area (Å²) in [6.45, 7) is 5.26. The van der Waals surface area contributed by atoms with Crippen molar-refractivity contribution in [1.82, 2.24) is 30.5 Å². The van der Waals surface area contributed by atoms with Gasteiger partial charge in [0.25, 0.3) is 5.91 Å². The van der Waals surface area contributed by atoms with Crippen LogP contribution in [0.5, 0.6) is 0 Å². The Morgan fingerprint density at radius 3 is 2.33 bits per heavy atom. The summed E-state index contributed by atoms with van der Waals surface area (Å²) in [6.07, 6.45) is 3.01. The number of carboxylic acids is 1. The van der Waals surface area contributed by atoms with Crippen LogP contribution in [0.2, 0.25) is 10.0 Å². The van der Waals surface area contributed by atoms with Crippen LogP contribution in [0.25, 0.3) is 0 Å². The van der Waals surface area contributed by atoms with Gasteiger partial charge in [-0.2, -0.15) is 0 Å². The first-order chi connectivity index (χ1) is 18.4. The standard InChI is InChI=1S/C25H25Cl2N7O4S/c1-5-25(22(37)38,30-19-18(20(35)24(19,2)3)39-23-31-32-33-34(23)4)10-13-6-8-14(9-7-13)29-21(36)17-15(26)11-28-12-16(17)27/h6-9,11-12,30H,5,10H2,1-4H3,(H,29,36)(H,37,38)/t25-/m0/s1. The zero-order chi connectivity index (χ0) is 28.5. The maximum absolute atomic E-state index is 12.9. The molecule has 39 heavy (non-hydrogen) atoms. The largest absolute Gasteiger partial charge is 0.479 e. The number of nitrogens with zero attached hydrogens (tertiary/aromatic N) is 5. The number of pyridine rings is 1. The number of aromatic nitrogens is 5. The molecule has 3 aromatic rings. The quantitative estimate of drug-likeness (QED) is 0.314. The van der Waals surface area contributed by atoms with E-state index in [-0.39, 0.29) is 34.2 Å². The van der Waals surface area contributed by atoms with Crippen molar-refractivity contribution in [1.29, 1.82) is 0 Å². The molecule has 2 heterocycles. The average Bonchev–Trinajstić information content (AvgIpc) is 3.30. The number of ketones is 1. The summed E-state index contributed by atoms with van der Waals surface area (Å²) < 4.78 is 1.44. The molecule has 0 saturated carbocycles.